The van der Waals surface area contributed by atoms with Gasteiger partial charge in [0.2, 0.25) is 0 Å². The van der Waals surface area contributed by atoms with E-state index in [9.17, 15) is 4.39 Å². The zero-order valence-corrected chi connectivity index (χ0v) is 8.57. The van der Waals surface area contributed by atoms with Gasteiger partial charge < -0.3 is 5.73 Å². The molecule has 4 heteroatoms. The van der Waals surface area contributed by atoms with E-state index in [1.54, 1.807) is 6.07 Å². The number of nitrogen functional groups attached to an aromatic ring is 1. The van der Waals surface area contributed by atoms with Crippen LogP contribution in [-0.2, 0) is 0 Å². The van der Waals surface area contributed by atoms with Crippen molar-refractivity contribution in [2.45, 2.75) is 18.8 Å². The Morgan fingerprint density at radius 3 is 2.69 bits per heavy atom. The number of halogens is 2. The van der Waals surface area contributed by atoms with Crippen LogP contribution in [0.3, 0.4) is 0 Å². The molecule has 1 aliphatic rings. The van der Waals surface area contributed by atoms with Crippen LogP contribution in [-0.4, -0.2) is 7.85 Å². The third kappa shape index (κ3) is 1.48. The van der Waals surface area contributed by atoms with Gasteiger partial charge >= 0.3 is 0 Å². The van der Waals surface area contributed by atoms with Crippen LogP contribution in [0.25, 0.3) is 0 Å². The summed E-state index contributed by atoms with van der Waals surface area (Å²) in [7, 11) is 5.50. The van der Waals surface area contributed by atoms with E-state index in [0.717, 1.165) is 18.4 Å². The summed E-state index contributed by atoms with van der Waals surface area (Å²) in [6, 6.07) is 1.65. The van der Waals surface area contributed by atoms with Gasteiger partial charge in [-0.05, 0) is 40.3 Å². The molecule has 13 heavy (non-hydrogen) atoms. The van der Waals surface area contributed by atoms with E-state index >= 15 is 0 Å². The van der Waals surface area contributed by atoms with Gasteiger partial charge in [0.15, 0.2) is 0 Å². The second kappa shape index (κ2) is 3.01. The molecule has 0 atom stereocenters. The normalized spacial score (nSPS) is 16.2. The molecule has 1 nitrogen and oxygen atoms in total. The van der Waals surface area contributed by atoms with Crippen molar-refractivity contribution < 1.29 is 4.39 Å². The lowest BCUT2D eigenvalue weighted by Gasteiger charge is -2.09. The maximum Gasteiger partial charge on any atom is 0.132 e. The zero-order chi connectivity index (χ0) is 9.59. The minimum Gasteiger partial charge on any atom is -0.397 e. The van der Waals surface area contributed by atoms with Crippen molar-refractivity contribution >= 4 is 34.9 Å². The maximum atomic E-state index is 13.2. The SMILES string of the molecule is [B]c1cc(C2CC2)c(N)c(Br)c1F. The molecule has 0 bridgehead atoms. The molecule has 2 N–H and O–H groups in total. The number of rotatable bonds is 1. The van der Waals surface area contributed by atoms with Gasteiger partial charge in [-0.1, -0.05) is 11.5 Å². The number of nitrogens with two attached hydrogens (primary N) is 1. The topological polar surface area (TPSA) is 26.0 Å². The van der Waals surface area contributed by atoms with Gasteiger partial charge in [0.1, 0.15) is 13.7 Å². The molecule has 1 fully saturated rings. The van der Waals surface area contributed by atoms with E-state index in [4.69, 9.17) is 13.6 Å². The summed E-state index contributed by atoms with van der Waals surface area (Å²) < 4.78 is 13.5. The van der Waals surface area contributed by atoms with Crippen LogP contribution in [0.5, 0.6) is 0 Å². The van der Waals surface area contributed by atoms with Crippen LogP contribution in [0.4, 0.5) is 10.1 Å². The first-order valence-corrected chi connectivity index (χ1v) is 4.93. The molecular formula is C9H8BBrFN. The van der Waals surface area contributed by atoms with E-state index in [1.165, 1.54) is 0 Å². The van der Waals surface area contributed by atoms with Gasteiger partial charge in [-0.25, -0.2) is 4.39 Å². The van der Waals surface area contributed by atoms with Crippen LogP contribution in [0.2, 0.25) is 0 Å². The average molecular weight is 240 g/mol. The van der Waals surface area contributed by atoms with Crippen molar-refractivity contribution in [3.05, 3.63) is 21.9 Å². The van der Waals surface area contributed by atoms with Crippen LogP contribution in [0, 0.1) is 5.82 Å². The van der Waals surface area contributed by atoms with Gasteiger partial charge in [-0.15, -0.1) is 0 Å². The highest BCUT2D eigenvalue weighted by Crippen LogP contribution is 2.44. The summed E-state index contributed by atoms with van der Waals surface area (Å²) in [5, 5.41) is 0. The molecule has 66 valence electrons. The summed E-state index contributed by atoms with van der Waals surface area (Å²) in [5.41, 5.74) is 7.39. The first-order valence-electron chi connectivity index (χ1n) is 4.14. The Bertz CT molecular complexity index is 363. The molecule has 0 amide bonds. The Labute approximate surface area is 86.0 Å². The van der Waals surface area contributed by atoms with E-state index in [0.29, 0.717) is 16.1 Å². The van der Waals surface area contributed by atoms with Gasteiger partial charge in [0.25, 0.3) is 0 Å². The Hall–Kier alpha value is -0.505. The van der Waals surface area contributed by atoms with Crippen LogP contribution < -0.4 is 11.2 Å². The maximum absolute atomic E-state index is 13.2. The molecular weight excluding hydrogens is 232 g/mol. The Balaban J connectivity index is 2.58. The van der Waals surface area contributed by atoms with E-state index in [1.807, 2.05) is 0 Å². The molecule has 1 saturated carbocycles. The largest absolute Gasteiger partial charge is 0.397 e. The summed E-state index contributed by atoms with van der Waals surface area (Å²) in [5.74, 6) is 0.0288. The molecule has 0 unspecified atom stereocenters. The molecule has 2 rings (SSSR count). The molecule has 0 heterocycles. The lowest BCUT2D eigenvalue weighted by atomic mass is 9.91. The predicted octanol–water partition coefficient (Wildman–Crippen LogP) is 1.84. The zero-order valence-electron chi connectivity index (χ0n) is 6.98. The summed E-state index contributed by atoms with van der Waals surface area (Å²) >= 11 is 3.10. The van der Waals surface area contributed by atoms with Crippen molar-refractivity contribution in [2.24, 2.45) is 0 Å². The lowest BCUT2D eigenvalue weighted by molar-refractivity contribution is 0.629. The fourth-order valence-corrected chi connectivity index (χ4v) is 1.87. The third-order valence-electron chi connectivity index (χ3n) is 2.32. The highest BCUT2D eigenvalue weighted by molar-refractivity contribution is 9.10. The minimum atomic E-state index is -0.457. The fraction of sp³-hybridized carbons (Fsp3) is 0.333. The third-order valence-corrected chi connectivity index (χ3v) is 3.10. The summed E-state index contributed by atoms with van der Waals surface area (Å²) in [4.78, 5) is 0. The Morgan fingerprint density at radius 2 is 2.15 bits per heavy atom. The predicted molar refractivity (Wildman–Crippen MR) is 55.9 cm³/mol. The number of anilines is 1. The summed E-state index contributed by atoms with van der Waals surface area (Å²) in [6.07, 6.45) is 2.25. The molecule has 0 spiro atoms. The molecule has 1 aromatic rings. The second-order valence-corrected chi connectivity index (χ2v) is 4.16. The Morgan fingerprint density at radius 1 is 1.54 bits per heavy atom. The van der Waals surface area contributed by atoms with Gasteiger partial charge in [-0.2, -0.15) is 0 Å². The molecule has 0 aromatic heterocycles. The van der Waals surface area contributed by atoms with Crippen LogP contribution in [0.15, 0.2) is 10.5 Å². The first kappa shape index (κ1) is 9.07. The highest BCUT2D eigenvalue weighted by atomic mass is 79.9. The minimum absolute atomic E-state index is 0.169. The number of hydrogen-bond acceptors (Lipinski definition) is 1. The second-order valence-electron chi connectivity index (χ2n) is 3.37. The van der Waals surface area contributed by atoms with Crippen molar-refractivity contribution in [1.82, 2.24) is 0 Å². The molecule has 0 saturated heterocycles. The Kier molecular flexibility index (Phi) is 2.10. The van der Waals surface area contributed by atoms with Gasteiger partial charge in [0, 0.05) is 0 Å². The standard InChI is InChI=1S/C9H8BBrFN/c10-6-3-5(4-1-2-4)9(13)7(11)8(6)12/h3-4H,1-2,13H2. The molecule has 1 aromatic carbocycles. The monoisotopic (exact) mass is 239 g/mol. The first-order chi connectivity index (χ1) is 6.11. The van der Waals surface area contributed by atoms with Gasteiger partial charge in [-0.3, -0.25) is 0 Å². The van der Waals surface area contributed by atoms with Crippen LogP contribution >= 0.6 is 15.9 Å². The van der Waals surface area contributed by atoms with Crippen LogP contribution in [0.1, 0.15) is 24.3 Å². The quantitative estimate of drug-likeness (QED) is 0.588. The molecule has 0 aliphatic heterocycles. The smallest absolute Gasteiger partial charge is 0.132 e. The van der Waals surface area contributed by atoms with E-state index in [2.05, 4.69) is 15.9 Å². The average Bonchev–Trinajstić information content (AvgIpc) is 2.91. The van der Waals surface area contributed by atoms with E-state index in [-0.39, 0.29) is 5.46 Å². The van der Waals surface area contributed by atoms with Crippen molar-refractivity contribution in [2.75, 3.05) is 5.73 Å². The number of hydrogen-bond donors (Lipinski definition) is 1. The fourth-order valence-electron chi connectivity index (χ4n) is 1.41. The highest BCUT2D eigenvalue weighted by Gasteiger charge is 2.27. The van der Waals surface area contributed by atoms with E-state index < -0.39 is 5.82 Å². The summed E-state index contributed by atoms with van der Waals surface area (Å²) in [6.45, 7) is 0. The van der Waals surface area contributed by atoms with Crippen molar-refractivity contribution in [1.29, 1.82) is 0 Å². The molecule has 2 radical (unpaired) electrons. The van der Waals surface area contributed by atoms with Crippen molar-refractivity contribution in [3.63, 3.8) is 0 Å². The van der Waals surface area contributed by atoms with Gasteiger partial charge in [0.05, 0.1) is 10.2 Å². The number of benzene rings is 1. The lowest BCUT2D eigenvalue weighted by Crippen LogP contribution is -2.13. The van der Waals surface area contributed by atoms with Crippen molar-refractivity contribution in [3.8, 4) is 0 Å². The molecule has 1 aliphatic carbocycles.